The number of carbonyl (C=O) groups excluding carboxylic acids is 1. The van der Waals surface area contributed by atoms with Crippen molar-refractivity contribution in [2.45, 2.75) is 18.3 Å². The second-order valence-corrected chi connectivity index (χ2v) is 5.03. The van der Waals surface area contributed by atoms with Gasteiger partial charge in [0.2, 0.25) is 5.91 Å². The molecule has 4 nitrogen and oxygen atoms in total. The maximum absolute atomic E-state index is 11.3. The number of nitrogens with one attached hydrogen (secondary N) is 1. The molecule has 94 valence electrons. The summed E-state index contributed by atoms with van der Waals surface area (Å²) in [5.74, 6) is 1.15. The molecule has 0 bridgehead atoms. The predicted octanol–water partition coefficient (Wildman–Crippen LogP) is 2.49. The molecule has 1 unspecified atom stereocenters. The van der Waals surface area contributed by atoms with E-state index in [1.54, 1.807) is 6.07 Å². The average Bonchev–Trinajstić information content (AvgIpc) is 2.91. The van der Waals surface area contributed by atoms with Gasteiger partial charge in [-0.25, -0.2) is 4.98 Å². The fourth-order valence-corrected chi connectivity index (χ4v) is 2.75. The fourth-order valence-electron chi connectivity index (χ4n) is 2.39. The van der Waals surface area contributed by atoms with Gasteiger partial charge in [0.1, 0.15) is 5.82 Å². The van der Waals surface area contributed by atoms with Crippen LogP contribution in [0.3, 0.4) is 0 Å². The second kappa shape index (κ2) is 4.44. The second-order valence-electron chi connectivity index (χ2n) is 4.33. The first-order chi connectivity index (χ1) is 8.69. The van der Waals surface area contributed by atoms with Crippen LogP contribution < -0.4 is 5.32 Å². The molecule has 2 heterocycles. The third-order valence-corrected chi connectivity index (χ3v) is 3.64. The number of hydrogen-bond acceptors (Lipinski definition) is 2. The van der Waals surface area contributed by atoms with Gasteiger partial charge >= 0.3 is 0 Å². The highest BCUT2D eigenvalue weighted by atomic mass is 35.5. The molecular formula is C12H11Cl2N3O. The zero-order chi connectivity index (χ0) is 12.7. The summed E-state index contributed by atoms with van der Waals surface area (Å²) in [4.78, 5) is 15.8. The number of benzene rings is 1. The number of nitrogens with zero attached hydrogens (tertiary/aromatic N) is 2. The molecule has 1 fully saturated rings. The number of alkyl halides is 1. The van der Waals surface area contributed by atoms with Crippen LogP contribution >= 0.6 is 23.2 Å². The molecule has 1 atom stereocenters. The van der Waals surface area contributed by atoms with Crippen LogP contribution in [-0.2, 0) is 10.7 Å². The Morgan fingerprint density at radius 3 is 3.00 bits per heavy atom. The van der Waals surface area contributed by atoms with E-state index in [2.05, 4.69) is 10.3 Å². The zero-order valence-electron chi connectivity index (χ0n) is 9.49. The number of amides is 1. The van der Waals surface area contributed by atoms with E-state index in [4.69, 9.17) is 23.2 Å². The van der Waals surface area contributed by atoms with E-state index >= 15 is 0 Å². The summed E-state index contributed by atoms with van der Waals surface area (Å²) < 4.78 is 2.02. The third-order valence-electron chi connectivity index (χ3n) is 3.17. The molecule has 0 radical (unpaired) electrons. The van der Waals surface area contributed by atoms with Crippen molar-refractivity contribution < 1.29 is 4.79 Å². The standard InChI is InChI=1S/C12H11Cl2N3O/c13-5-11-16-9-2-1-7(14)3-10(9)17(11)8-4-12(18)15-6-8/h1-3,8H,4-6H2,(H,15,18). The molecule has 6 heteroatoms. The van der Waals surface area contributed by atoms with Crippen LogP contribution in [0.4, 0.5) is 0 Å². The van der Waals surface area contributed by atoms with Crippen molar-refractivity contribution >= 4 is 40.1 Å². The van der Waals surface area contributed by atoms with Crippen molar-refractivity contribution in [3.63, 3.8) is 0 Å². The minimum absolute atomic E-state index is 0.0596. The molecule has 1 amide bonds. The molecule has 1 N–H and O–H groups in total. The first-order valence-electron chi connectivity index (χ1n) is 5.68. The molecule has 3 rings (SSSR count). The number of halogens is 2. The van der Waals surface area contributed by atoms with Crippen molar-refractivity contribution in [2.75, 3.05) is 6.54 Å². The number of fused-ring (bicyclic) bond motifs is 1. The number of aromatic nitrogens is 2. The Balaban J connectivity index is 2.18. The summed E-state index contributed by atoms with van der Waals surface area (Å²) >= 11 is 12.0. The van der Waals surface area contributed by atoms with Crippen LogP contribution in [0, 0.1) is 0 Å². The minimum atomic E-state index is 0.0596. The molecule has 1 aliphatic rings. The van der Waals surface area contributed by atoms with E-state index in [9.17, 15) is 4.79 Å². The van der Waals surface area contributed by atoms with Gasteiger partial charge in [0.15, 0.2) is 0 Å². The van der Waals surface area contributed by atoms with Crippen LogP contribution in [0.5, 0.6) is 0 Å². The Morgan fingerprint density at radius 1 is 1.50 bits per heavy atom. The third kappa shape index (κ3) is 1.85. The molecule has 0 aliphatic carbocycles. The van der Waals surface area contributed by atoms with Gasteiger partial charge in [-0.3, -0.25) is 4.79 Å². The summed E-state index contributed by atoms with van der Waals surface area (Å²) in [5, 5.41) is 3.48. The van der Waals surface area contributed by atoms with Crippen molar-refractivity contribution in [1.82, 2.24) is 14.9 Å². The Labute approximate surface area is 114 Å². The van der Waals surface area contributed by atoms with Crippen molar-refractivity contribution in [2.24, 2.45) is 0 Å². The van der Waals surface area contributed by atoms with Gasteiger partial charge in [-0.05, 0) is 18.2 Å². The van der Waals surface area contributed by atoms with E-state index in [0.717, 1.165) is 16.9 Å². The Morgan fingerprint density at radius 2 is 2.33 bits per heavy atom. The normalized spacial score (nSPS) is 19.4. The molecule has 1 aromatic heterocycles. The van der Waals surface area contributed by atoms with E-state index in [-0.39, 0.29) is 11.9 Å². The maximum Gasteiger partial charge on any atom is 0.222 e. The minimum Gasteiger partial charge on any atom is -0.354 e. The first-order valence-corrected chi connectivity index (χ1v) is 6.59. The number of imidazole rings is 1. The monoisotopic (exact) mass is 283 g/mol. The lowest BCUT2D eigenvalue weighted by Gasteiger charge is -2.13. The topological polar surface area (TPSA) is 46.9 Å². The van der Waals surface area contributed by atoms with Crippen LogP contribution in [-0.4, -0.2) is 22.0 Å². The van der Waals surface area contributed by atoms with Crippen molar-refractivity contribution in [3.05, 3.63) is 29.0 Å². The highest BCUT2D eigenvalue weighted by Gasteiger charge is 2.26. The molecule has 1 aromatic carbocycles. The van der Waals surface area contributed by atoms with Crippen LogP contribution in [0.1, 0.15) is 18.3 Å². The Bertz CT molecular complexity index is 623. The molecule has 0 spiro atoms. The summed E-state index contributed by atoms with van der Waals surface area (Å²) in [6.45, 7) is 0.612. The molecule has 1 aliphatic heterocycles. The van der Waals surface area contributed by atoms with Crippen molar-refractivity contribution in [1.29, 1.82) is 0 Å². The lowest BCUT2D eigenvalue weighted by atomic mass is 10.2. The smallest absolute Gasteiger partial charge is 0.222 e. The van der Waals surface area contributed by atoms with Crippen LogP contribution in [0.25, 0.3) is 11.0 Å². The number of rotatable bonds is 2. The average molecular weight is 284 g/mol. The molecule has 0 saturated carbocycles. The molecule has 1 saturated heterocycles. The van der Waals surface area contributed by atoms with E-state index in [0.29, 0.717) is 23.9 Å². The largest absolute Gasteiger partial charge is 0.354 e. The molecular weight excluding hydrogens is 273 g/mol. The first kappa shape index (κ1) is 11.8. The maximum atomic E-state index is 11.3. The van der Waals surface area contributed by atoms with Gasteiger partial charge in [-0.1, -0.05) is 11.6 Å². The summed E-state index contributed by atoms with van der Waals surface area (Å²) in [5.41, 5.74) is 1.79. The number of carbonyl (C=O) groups is 1. The fraction of sp³-hybridized carbons (Fsp3) is 0.333. The van der Waals surface area contributed by atoms with E-state index in [1.165, 1.54) is 0 Å². The van der Waals surface area contributed by atoms with Crippen LogP contribution in [0.15, 0.2) is 18.2 Å². The van der Waals surface area contributed by atoms with Crippen LogP contribution in [0.2, 0.25) is 5.02 Å². The number of hydrogen-bond donors (Lipinski definition) is 1. The lowest BCUT2D eigenvalue weighted by Crippen LogP contribution is -2.16. The Hall–Kier alpha value is -1.26. The van der Waals surface area contributed by atoms with Gasteiger partial charge in [0.05, 0.1) is 23.0 Å². The molecule has 18 heavy (non-hydrogen) atoms. The highest BCUT2D eigenvalue weighted by molar-refractivity contribution is 6.31. The van der Waals surface area contributed by atoms with Gasteiger partial charge in [-0.15, -0.1) is 11.6 Å². The van der Waals surface area contributed by atoms with Gasteiger partial charge in [0, 0.05) is 18.0 Å². The molecule has 2 aromatic rings. The summed E-state index contributed by atoms with van der Waals surface area (Å²) in [6.07, 6.45) is 0.460. The van der Waals surface area contributed by atoms with Gasteiger partial charge < -0.3 is 9.88 Å². The zero-order valence-corrected chi connectivity index (χ0v) is 11.0. The summed E-state index contributed by atoms with van der Waals surface area (Å²) in [7, 11) is 0. The van der Waals surface area contributed by atoms with Gasteiger partial charge in [-0.2, -0.15) is 0 Å². The Kier molecular flexibility index (Phi) is 2.92. The predicted molar refractivity (Wildman–Crippen MR) is 71.0 cm³/mol. The van der Waals surface area contributed by atoms with E-state index in [1.807, 2.05) is 16.7 Å². The van der Waals surface area contributed by atoms with Gasteiger partial charge in [0.25, 0.3) is 0 Å². The summed E-state index contributed by atoms with van der Waals surface area (Å²) in [6, 6.07) is 5.60. The van der Waals surface area contributed by atoms with Crippen molar-refractivity contribution in [3.8, 4) is 0 Å². The lowest BCUT2D eigenvalue weighted by molar-refractivity contribution is -0.119. The highest BCUT2D eigenvalue weighted by Crippen LogP contribution is 2.28. The van der Waals surface area contributed by atoms with E-state index < -0.39 is 0 Å². The quantitative estimate of drug-likeness (QED) is 0.861. The SMILES string of the molecule is O=C1CC(n2c(CCl)nc3ccc(Cl)cc32)CN1.